The molecule has 1 amide bonds. The molecule has 0 heterocycles. The van der Waals surface area contributed by atoms with Crippen LogP contribution in [0.1, 0.15) is 18.4 Å². The van der Waals surface area contributed by atoms with Crippen molar-refractivity contribution in [1.29, 1.82) is 0 Å². The number of aliphatic carboxylic acids is 1. The van der Waals surface area contributed by atoms with Crippen molar-refractivity contribution in [3.05, 3.63) is 35.9 Å². The molecule has 0 aliphatic heterocycles. The monoisotopic (exact) mass is 307 g/mol. The molecule has 0 saturated heterocycles. The van der Waals surface area contributed by atoms with E-state index in [1.165, 1.54) is 7.11 Å². The molecule has 7 nitrogen and oxygen atoms in total. The van der Waals surface area contributed by atoms with Crippen LogP contribution in [0.3, 0.4) is 0 Å². The number of carbonyl (C=O) groups is 3. The Bertz CT molecular complexity index is 565. The first-order chi connectivity index (χ1) is 10.5. The van der Waals surface area contributed by atoms with Gasteiger partial charge in [-0.1, -0.05) is 30.3 Å². The van der Waals surface area contributed by atoms with E-state index < -0.39 is 29.5 Å². The quantitative estimate of drug-likeness (QED) is 0.795. The summed E-state index contributed by atoms with van der Waals surface area (Å²) in [4.78, 5) is 34.5. The van der Waals surface area contributed by atoms with E-state index >= 15 is 0 Å². The van der Waals surface area contributed by atoms with Crippen LogP contribution in [0.2, 0.25) is 0 Å². The van der Waals surface area contributed by atoms with Crippen LogP contribution in [0.25, 0.3) is 0 Å². The molecular weight excluding hydrogens is 290 g/mol. The fourth-order valence-corrected chi connectivity index (χ4v) is 2.43. The Labute approximate surface area is 127 Å². The Kier molecular flexibility index (Phi) is 4.65. The topological polar surface area (TPSA) is 102 Å². The molecule has 0 unspecified atom stereocenters. The lowest BCUT2D eigenvalue weighted by atomic mass is 9.68. The molecule has 0 aromatic heterocycles. The lowest BCUT2D eigenvalue weighted by molar-refractivity contribution is -0.161. The average Bonchev–Trinajstić information content (AvgIpc) is 2.48. The van der Waals surface area contributed by atoms with Crippen LogP contribution >= 0.6 is 0 Å². The largest absolute Gasteiger partial charge is 0.481 e. The van der Waals surface area contributed by atoms with Gasteiger partial charge >= 0.3 is 18.0 Å². The highest BCUT2D eigenvalue weighted by Crippen LogP contribution is 2.39. The Morgan fingerprint density at radius 3 is 2.45 bits per heavy atom. The van der Waals surface area contributed by atoms with E-state index in [4.69, 9.17) is 9.84 Å². The summed E-state index contributed by atoms with van der Waals surface area (Å²) in [6, 6.07) is 9.07. The zero-order chi connectivity index (χ0) is 16.2. The van der Waals surface area contributed by atoms with Crippen LogP contribution in [-0.2, 0) is 25.7 Å². The third-order valence-electron chi connectivity index (χ3n) is 3.67. The van der Waals surface area contributed by atoms with Gasteiger partial charge in [0.15, 0.2) is 0 Å². The van der Waals surface area contributed by atoms with Gasteiger partial charge in [-0.2, -0.15) is 0 Å². The molecule has 118 valence electrons. The molecule has 0 spiro atoms. The summed E-state index contributed by atoms with van der Waals surface area (Å²) in [6.07, 6.45) is -0.789. The van der Waals surface area contributed by atoms with Gasteiger partial charge in [-0.05, 0) is 18.4 Å². The number of alkyl carbamates (subject to hydrolysis) is 1. The molecule has 0 atom stereocenters. The van der Waals surface area contributed by atoms with E-state index in [0.717, 1.165) is 5.56 Å². The predicted molar refractivity (Wildman–Crippen MR) is 74.9 cm³/mol. The maximum Gasteiger partial charge on any atom is 0.408 e. The van der Waals surface area contributed by atoms with Crippen molar-refractivity contribution in [2.75, 3.05) is 7.11 Å². The van der Waals surface area contributed by atoms with E-state index in [1.807, 2.05) is 18.2 Å². The van der Waals surface area contributed by atoms with Gasteiger partial charge < -0.3 is 19.9 Å². The molecule has 0 bridgehead atoms. The Morgan fingerprint density at radius 2 is 1.91 bits per heavy atom. The first-order valence-electron chi connectivity index (χ1n) is 6.77. The number of ether oxygens (including phenoxy) is 2. The normalized spacial score (nSPS) is 23.0. The second kappa shape index (κ2) is 6.46. The van der Waals surface area contributed by atoms with Crippen LogP contribution in [0.4, 0.5) is 4.79 Å². The van der Waals surface area contributed by atoms with Gasteiger partial charge in [-0.3, -0.25) is 4.79 Å². The number of rotatable bonds is 5. The molecule has 1 aromatic rings. The van der Waals surface area contributed by atoms with Crippen molar-refractivity contribution >= 4 is 18.0 Å². The second-order valence-corrected chi connectivity index (χ2v) is 5.20. The number of hydrogen-bond donors (Lipinski definition) is 2. The van der Waals surface area contributed by atoms with Gasteiger partial charge in [0.25, 0.3) is 0 Å². The summed E-state index contributed by atoms with van der Waals surface area (Å²) in [5.74, 6) is -2.34. The van der Waals surface area contributed by atoms with Crippen molar-refractivity contribution in [3.8, 4) is 0 Å². The van der Waals surface area contributed by atoms with Crippen molar-refractivity contribution in [3.63, 3.8) is 0 Å². The number of carboxylic acid groups (broad SMARTS) is 1. The summed E-state index contributed by atoms with van der Waals surface area (Å²) in [5, 5.41) is 11.3. The number of esters is 1. The van der Waals surface area contributed by atoms with Gasteiger partial charge in [0.2, 0.25) is 0 Å². The van der Waals surface area contributed by atoms with E-state index in [1.54, 1.807) is 12.1 Å². The van der Waals surface area contributed by atoms with Crippen LogP contribution in [-0.4, -0.2) is 35.8 Å². The molecule has 22 heavy (non-hydrogen) atoms. The molecule has 1 aromatic carbocycles. The number of carbonyl (C=O) groups excluding carboxylic acids is 2. The smallest absolute Gasteiger partial charge is 0.408 e. The number of nitrogens with one attached hydrogen (secondary N) is 1. The Balaban J connectivity index is 1.92. The highest BCUT2D eigenvalue weighted by molar-refractivity contribution is 5.89. The Morgan fingerprint density at radius 1 is 1.27 bits per heavy atom. The third-order valence-corrected chi connectivity index (χ3v) is 3.67. The van der Waals surface area contributed by atoms with Crippen LogP contribution in [0.5, 0.6) is 0 Å². The van der Waals surface area contributed by atoms with Gasteiger partial charge in [0.1, 0.15) is 12.1 Å². The summed E-state index contributed by atoms with van der Waals surface area (Å²) >= 11 is 0. The highest BCUT2D eigenvalue weighted by atomic mass is 16.6. The second-order valence-electron chi connectivity index (χ2n) is 5.20. The SMILES string of the molecule is COC(=O)C1(NC(=O)OCc2ccccc2)CC(C(=O)O)C1. The van der Waals surface area contributed by atoms with Crippen molar-refractivity contribution in [2.45, 2.75) is 25.0 Å². The standard InChI is InChI=1S/C15H17NO6/c1-21-13(19)15(7-11(8-15)12(17)18)16-14(20)22-9-10-5-3-2-4-6-10/h2-6,11H,7-9H2,1H3,(H,16,20)(H,17,18). The average molecular weight is 307 g/mol. The van der Waals surface area contributed by atoms with Gasteiger partial charge in [-0.15, -0.1) is 0 Å². The van der Waals surface area contributed by atoms with Crippen molar-refractivity contribution < 1.29 is 29.0 Å². The predicted octanol–water partition coefficient (Wildman–Crippen LogP) is 1.32. The zero-order valence-corrected chi connectivity index (χ0v) is 12.1. The first-order valence-corrected chi connectivity index (χ1v) is 6.77. The molecule has 1 aliphatic carbocycles. The third kappa shape index (κ3) is 3.36. The minimum atomic E-state index is -1.31. The van der Waals surface area contributed by atoms with Crippen LogP contribution in [0, 0.1) is 5.92 Å². The lowest BCUT2D eigenvalue weighted by Crippen LogP contribution is -2.64. The molecular formula is C15H17NO6. The summed E-state index contributed by atoms with van der Waals surface area (Å²) < 4.78 is 9.69. The molecule has 2 rings (SSSR count). The van der Waals surface area contributed by atoms with Crippen LogP contribution in [0.15, 0.2) is 30.3 Å². The van der Waals surface area contributed by atoms with E-state index in [-0.39, 0.29) is 19.4 Å². The van der Waals surface area contributed by atoms with Gasteiger partial charge in [0.05, 0.1) is 13.0 Å². The zero-order valence-electron chi connectivity index (χ0n) is 12.1. The fourth-order valence-electron chi connectivity index (χ4n) is 2.43. The van der Waals surface area contributed by atoms with Gasteiger partial charge in [0, 0.05) is 0 Å². The molecule has 1 saturated carbocycles. The van der Waals surface area contributed by atoms with E-state index in [2.05, 4.69) is 10.1 Å². The minimum Gasteiger partial charge on any atom is -0.481 e. The highest BCUT2D eigenvalue weighted by Gasteiger charge is 2.55. The van der Waals surface area contributed by atoms with E-state index in [9.17, 15) is 14.4 Å². The number of benzene rings is 1. The Hall–Kier alpha value is -2.57. The lowest BCUT2D eigenvalue weighted by Gasteiger charge is -2.42. The maximum atomic E-state index is 11.8. The van der Waals surface area contributed by atoms with Crippen molar-refractivity contribution in [1.82, 2.24) is 5.32 Å². The first kappa shape index (κ1) is 15.8. The molecule has 2 N–H and O–H groups in total. The summed E-state index contributed by atoms with van der Waals surface area (Å²) in [5.41, 5.74) is -0.507. The van der Waals surface area contributed by atoms with E-state index in [0.29, 0.717) is 0 Å². The minimum absolute atomic E-state index is 0.00452. The number of methoxy groups -OCH3 is 1. The van der Waals surface area contributed by atoms with Crippen LogP contribution < -0.4 is 5.32 Å². The molecule has 0 radical (unpaired) electrons. The fraction of sp³-hybridized carbons (Fsp3) is 0.400. The maximum absolute atomic E-state index is 11.8. The summed E-state index contributed by atoms with van der Waals surface area (Å²) in [7, 11) is 1.19. The molecule has 7 heteroatoms. The van der Waals surface area contributed by atoms with Gasteiger partial charge in [-0.25, -0.2) is 9.59 Å². The number of carboxylic acids is 1. The molecule has 1 fully saturated rings. The number of amides is 1. The summed E-state index contributed by atoms with van der Waals surface area (Å²) in [6.45, 7) is 0.0618. The molecule has 1 aliphatic rings. The number of hydrogen-bond acceptors (Lipinski definition) is 5. The van der Waals surface area contributed by atoms with Crippen molar-refractivity contribution in [2.24, 2.45) is 5.92 Å².